The average Bonchev–Trinajstić information content (AvgIpc) is 2.19. The SMILES string of the molecule is Cc1cc(N)nnc1-c1cccnc1. The second-order valence-electron chi connectivity index (χ2n) is 3.04. The molecule has 0 fully saturated rings. The molecule has 4 heteroatoms. The number of rotatable bonds is 1. The quantitative estimate of drug-likeness (QED) is 0.731. The molecule has 0 saturated heterocycles. The van der Waals surface area contributed by atoms with Crippen LogP contribution >= 0.6 is 0 Å². The minimum atomic E-state index is 0.440. The van der Waals surface area contributed by atoms with Crippen molar-refractivity contribution in [2.24, 2.45) is 0 Å². The fourth-order valence-corrected chi connectivity index (χ4v) is 1.29. The van der Waals surface area contributed by atoms with Crippen LogP contribution in [0.5, 0.6) is 0 Å². The van der Waals surface area contributed by atoms with Crippen LogP contribution in [0.4, 0.5) is 5.82 Å². The zero-order valence-corrected chi connectivity index (χ0v) is 7.81. The molecule has 2 aromatic heterocycles. The highest BCUT2D eigenvalue weighted by Crippen LogP contribution is 2.19. The number of nitrogens with two attached hydrogens (primary N) is 1. The molecule has 4 nitrogen and oxygen atoms in total. The molecule has 0 unspecified atom stereocenters. The fraction of sp³-hybridized carbons (Fsp3) is 0.100. The van der Waals surface area contributed by atoms with Crippen molar-refractivity contribution in [1.82, 2.24) is 15.2 Å². The summed E-state index contributed by atoms with van der Waals surface area (Å²) in [4.78, 5) is 4.03. The van der Waals surface area contributed by atoms with Gasteiger partial charge in [0, 0.05) is 18.0 Å². The van der Waals surface area contributed by atoms with Crippen LogP contribution in [0, 0.1) is 6.92 Å². The first-order chi connectivity index (χ1) is 6.77. The van der Waals surface area contributed by atoms with Crippen LogP contribution < -0.4 is 5.73 Å². The summed E-state index contributed by atoms with van der Waals surface area (Å²) >= 11 is 0. The van der Waals surface area contributed by atoms with Crippen molar-refractivity contribution in [2.45, 2.75) is 6.92 Å². The summed E-state index contributed by atoms with van der Waals surface area (Å²) in [6, 6.07) is 5.61. The van der Waals surface area contributed by atoms with Gasteiger partial charge in [-0.25, -0.2) is 0 Å². The predicted octanol–water partition coefficient (Wildman–Crippen LogP) is 1.43. The fourth-order valence-electron chi connectivity index (χ4n) is 1.29. The number of hydrogen-bond acceptors (Lipinski definition) is 4. The maximum atomic E-state index is 5.52. The lowest BCUT2D eigenvalue weighted by Gasteiger charge is -2.03. The second-order valence-corrected chi connectivity index (χ2v) is 3.04. The molecule has 0 atom stereocenters. The van der Waals surface area contributed by atoms with Gasteiger partial charge in [0.25, 0.3) is 0 Å². The Hall–Kier alpha value is -1.97. The Balaban J connectivity index is 2.53. The van der Waals surface area contributed by atoms with Crippen LogP contribution in [-0.4, -0.2) is 15.2 Å². The van der Waals surface area contributed by atoms with Crippen molar-refractivity contribution >= 4 is 5.82 Å². The van der Waals surface area contributed by atoms with Crippen LogP contribution in [0.15, 0.2) is 30.6 Å². The molecule has 2 heterocycles. The van der Waals surface area contributed by atoms with Gasteiger partial charge in [0.1, 0.15) is 5.82 Å². The van der Waals surface area contributed by atoms with Gasteiger partial charge >= 0.3 is 0 Å². The Kier molecular flexibility index (Phi) is 2.10. The van der Waals surface area contributed by atoms with Gasteiger partial charge in [0.05, 0.1) is 5.69 Å². The Labute approximate surface area is 81.8 Å². The molecule has 0 aromatic carbocycles. The number of pyridine rings is 1. The number of aryl methyl sites for hydroxylation is 1. The minimum absolute atomic E-state index is 0.440. The summed E-state index contributed by atoms with van der Waals surface area (Å²) in [5.74, 6) is 0.440. The number of nitrogen functional groups attached to an aromatic ring is 1. The molecule has 2 N–H and O–H groups in total. The van der Waals surface area contributed by atoms with Gasteiger partial charge in [-0.15, -0.1) is 10.2 Å². The van der Waals surface area contributed by atoms with Crippen molar-refractivity contribution in [3.05, 3.63) is 36.2 Å². The van der Waals surface area contributed by atoms with E-state index in [9.17, 15) is 0 Å². The van der Waals surface area contributed by atoms with Crippen molar-refractivity contribution in [1.29, 1.82) is 0 Å². The third kappa shape index (κ3) is 1.54. The molecular formula is C10H10N4. The zero-order valence-electron chi connectivity index (χ0n) is 7.81. The molecule has 2 rings (SSSR count). The van der Waals surface area contributed by atoms with Crippen molar-refractivity contribution < 1.29 is 0 Å². The lowest BCUT2D eigenvalue weighted by molar-refractivity contribution is 1.03. The number of nitrogens with zero attached hydrogens (tertiary/aromatic N) is 3. The van der Waals surface area contributed by atoms with Gasteiger partial charge in [-0.3, -0.25) is 4.98 Å². The molecule has 0 bridgehead atoms. The third-order valence-electron chi connectivity index (χ3n) is 1.94. The van der Waals surface area contributed by atoms with Gasteiger partial charge < -0.3 is 5.73 Å². The molecular weight excluding hydrogens is 176 g/mol. The van der Waals surface area contributed by atoms with E-state index in [0.717, 1.165) is 16.8 Å². The van der Waals surface area contributed by atoms with E-state index in [1.807, 2.05) is 19.1 Å². The number of hydrogen-bond donors (Lipinski definition) is 1. The van der Waals surface area contributed by atoms with Crippen molar-refractivity contribution in [2.75, 3.05) is 5.73 Å². The molecule has 70 valence electrons. The van der Waals surface area contributed by atoms with E-state index in [-0.39, 0.29) is 0 Å². The molecule has 0 spiro atoms. The van der Waals surface area contributed by atoms with E-state index in [0.29, 0.717) is 5.82 Å². The largest absolute Gasteiger partial charge is 0.382 e. The highest BCUT2D eigenvalue weighted by molar-refractivity contribution is 5.62. The Morgan fingerprint density at radius 2 is 2.14 bits per heavy atom. The molecule has 0 saturated carbocycles. The molecule has 0 aliphatic heterocycles. The highest BCUT2D eigenvalue weighted by atomic mass is 15.1. The summed E-state index contributed by atoms with van der Waals surface area (Å²) in [5, 5.41) is 7.85. The van der Waals surface area contributed by atoms with Crippen LogP contribution in [0.2, 0.25) is 0 Å². The van der Waals surface area contributed by atoms with Gasteiger partial charge in [-0.05, 0) is 30.7 Å². The second kappa shape index (κ2) is 3.41. The van der Waals surface area contributed by atoms with Gasteiger partial charge in [0.15, 0.2) is 0 Å². The lowest BCUT2D eigenvalue weighted by atomic mass is 10.1. The van der Waals surface area contributed by atoms with Gasteiger partial charge in [0.2, 0.25) is 0 Å². The van der Waals surface area contributed by atoms with Crippen LogP contribution in [0.1, 0.15) is 5.56 Å². The standard InChI is InChI=1S/C10H10N4/c1-7-5-9(11)13-14-10(7)8-3-2-4-12-6-8/h2-6H,1H3,(H2,11,13). The number of anilines is 1. The molecule has 0 amide bonds. The van der Waals surface area contributed by atoms with E-state index in [1.165, 1.54) is 0 Å². The average molecular weight is 186 g/mol. The summed E-state index contributed by atoms with van der Waals surface area (Å²) in [6.45, 7) is 1.95. The summed E-state index contributed by atoms with van der Waals surface area (Å²) in [7, 11) is 0. The zero-order chi connectivity index (χ0) is 9.97. The summed E-state index contributed by atoms with van der Waals surface area (Å²) < 4.78 is 0. The van der Waals surface area contributed by atoms with E-state index in [1.54, 1.807) is 18.5 Å². The van der Waals surface area contributed by atoms with E-state index in [4.69, 9.17) is 5.73 Å². The first-order valence-corrected chi connectivity index (χ1v) is 4.27. The number of aromatic nitrogens is 3. The molecule has 2 aromatic rings. The van der Waals surface area contributed by atoms with E-state index < -0.39 is 0 Å². The lowest BCUT2D eigenvalue weighted by Crippen LogP contribution is -1.97. The maximum Gasteiger partial charge on any atom is 0.146 e. The molecule has 0 aliphatic carbocycles. The Morgan fingerprint density at radius 1 is 1.29 bits per heavy atom. The van der Waals surface area contributed by atoms with E-state index >= 15 is 0 Å². The first-order valence-electron chi connectivity index (χ1n) is 4.27. The Morgan fingerprint density at radius 3 is 2.79 bits per heavy atom. The molecule has 0 radical (unpaired) electrons. The van der Waals surface area contributed by atoms with Crippen LogP contribution in [-0.2, 0) is 0 Å². The van der Waals surface area contributed by atoms with Gasteiger partial charge in [-0.2, -0.15) is 0 Å². The normalized spacial score (nSPS) is 10.1. The maximum absolute atomic E-state index is 5.52. The third-order valence-corrected chi connectivity index (χ3v) is 1.94. The predicted molar refractivity (Wildman–Crippen MR) is 54.4 cm³/mol. The highest BCUT2D eigenvalue weighted by Gasteiger charge is 2.04. The van der Waals surface area contributed by atoms with Crippen molar-refractivity contribution in [3.8, 4) is 11.3 Å². The smallest absolute Gasteiger partial charge is 0.146 e. The summed E-state index contributed by atoms with van der Waals surface area (Å²) in [6.07, 6.45) is 3.48. The van der Waals surface area contributed by atoms with Crippen molar-refractivity contribution in [3.63, 3.8) is 0 Å². The monoisotopic (exact) mass is 186 g/mol. The molecule has 14 heavy (non-hydrogen) atoms. The summed E-state index contributed by atoms with van der Waals surface area (Å²) in [5.41, 5.74) is 8.30. The van der Waals surface area contributed by atoms with E-state index in [2.05, 4.69) is 15.2 Å². The topological polar surface area (TPSA) is 64.7 Å². The molecule has 0 aliphatic rings. The Bertz CT molecular complexity index is 439. The van der Waals surface area contributed by atoms with Crippen LogP contribution in [0.3, 0.4) is 0 Å². The van der Waals surface area contributed by atoms with Gasteiger partial charge in [-0.1, -0.05) is 0 Å². The van der Waals surface area contributed by atoms with Crippen LogP contribution in [0.25, 0.3) is 11.3 Å². The minimum Gasteiger partial charge on any atom is -0.382 e. The first kappa shape index (κ1) is 8.62.